The van der Waals surface area contributed by atoms with Crippen molar-refractivity contribution >= 4 is 39.2 Å². The van der Waals surface area contributed by atoms with Crippen LogP contribution in [0, 0.1) is 0 Å². The molecule has 140 valence electrons. The molecule has 0 unspecified atom stereocenters. The van der Waals surface area contributed by atoms with Gasteiger partial charge in [-0.2, -0.15) is 14.0 Å². The monoisotopic (exact) mass is 384 g/mol. The molecule has 2 N–H and O–H groups in total. The van der Waals surface area contributed by atoms with Crippen LogP contribution in [0.15, 0.2) is 30.9 Å². The van der Waals surface area contributed by atoms with E-state index in [1.54, 1.807) is 13.4 Å². The van der Waals surface area contributed by atoms with E-state index in [2.05, 4.69) is 29.3 Å². The first-order valence-corrected chi connectivity index (χ1v) is 9.49. The average Bonchev–Trinajstić information content (AvgIpc) is 3.41. The van der Waals surface area contributed by atoms with E-state index in [1.807, 2.05) is 18.2 Å². The molecule has 0 amide bonds. The van der Waals surface area contributed by atoms with Crippen molar-refractivity contribution < 1.29 is 4.74 Å². The van der Waals surface area contributed by atoms with E-state index in [0.29, 0.717) is 22.9 Å². The van der Waals surface area contributed by atoms with Crippen LogP contribution in [0.5, 0.6) is 5.75 Å². The lowest BCUT2D eigenvalue weighted by atomic mass is 10.1. The summed E-state index contributed by atoms with van der Waals surface area (Å²) in [6.07, 6.45) is 7.06. The molecule has 5 rings (SSSR count). The van der Waals surface area contributed by atoms with Gasteiger partial charge in [-0.25, -0.2) is 15.0 Å². The summed E-state index contributed by atoms with van der Waals surface area (Å²) in [7, 11) is 1.60. The molecule has 4 heterocycles. The van der Waals surface area contributed by atoms with E-state index in [-0.39, 0.29) is 0 Å². The minimum absolute atomic E-state index is 0.296. The molecule has 0 saturated carbocycles. The molecule has 1 fully saturated rings. The van der Waals surface area contributed by atoms with Gasteiger partial charge in [-0.05, 0) is 31.4 Å². The van der Waals surface area contributed by atoms with Gasteiger partial charge in [-0.1, -0.05) is 6.07 Å². The Bertz CT molecular complexity index is 1030. The Labute approximate surface area is 160 Å². The maximum absolute atomic E-state index is 5.78. The molecule has 9 nitrogen and oxygen atoms in total. The highest BCUT2D eigenvalue weighted by molar-refractivity contribution is 7.09. The minimum Gasteiger partial charge on any atom is -0.494 e. The summed E-state index contributed by atoms with van der Waals surface area (Å²) in [5.74, 6) is 0.971. The van der Waals surface area contributed by atoms with Crippen LogP contribution in [0.2, 0.25) is 0 Å². The Hall–Kier alpha value is -3.01. The number of nitrogens with zero attached hydrogens (tertiary/aromatic N) is 7. The molecule has 1 saturated heterocycles. The van der Waals surface area contributed by atoms with Crippen molar-refractivity contribution in [3.63, 3.8) is 0 Å². The summed E-state index contributed by atoms with van der Waals surface area (Å²) >= 11 is 1.49. The number of rotatable bonds is 2. The molecule has 4 aromatic rings. The summed E-state index contributed by atoms with van der Waals surface area (Å²) in [6.45, 7) is 2.32. The van der Waals surface area contributed by atoms with Crippen LogP contribution in [0.3, 0.4) is 0 Å². The molecule has 0 atom stereocenters. The second-order valence-corrected chi connectivity index (χ2v) is 6.85. The largest absolute Gasteiger partial charge is 0.494 e. The Morgan fingerprint density at radius 1 is 1.11 bits per heavy atom. The number of nitrogen functional groups attached to an aromatic ring is 1. The van der Waals surface area contributed by atoms with Crippen molar-refractivity contribution in [2.75, 3.05) is 30.8 Å². The molecule has 0 spiro atoms. The van der Waals surface area contributed by atoms with Gasteiger partial charge >= 0.3 is 0 Å². The maximum atomic E-state index is 5.78. The first-order chi connectivity index (χ1) is 13.3. The van der Waals surface area contributed by atoms with Crippen LogP contribution in [-0.2, 0) is 0 Å². The van der Waals surface area contributed by atoms with Crippen molar-refractivity contribution in [2.24, 2.45) is 0 Å². The van der Waals surface area contributed by atoms with Gasteiger partial charge < -0.3 is 15.4 Å². The number of benzene rings is 1. The Kier molecular flexibility index (Phi) is 4.97. The van der Waals surface area contributed by atoms with Gasteiger partial charge in [-0.15, -0.1) is 0 Å². The summed E-state index contributed by atoms with van der Waals surface area (Å²) in [5.41, 5.74) is 7.16. The second-order valence-electron chi connectivity index (χ2n) is 6.09. The fourth-order valence-corrected chi connectivity index (χ4v) is 3.71. The number of ether oxygens (including phenoxy) is 1. The zero-order valence-electron chi connectivity index (χ0n) is 14.9. The maximum Gasteiger partial charge on any atom is 0.223 e. The molecule has 1 aliphatic rings. The zero-order chi connectivity index (χ0) is 18.6. The van der Waals surface area contributed by atoms with Crippen LogP contribution in [0.25, 0.3) is 16.6 Å². The fraction of sp³-hybridized carbons (Fsp3) is 0.353. The van der Waals surface area contributed by atoms with Crippen LogP contribution in [0.4, 0.5) is 11.1 Å². The van der Waals surface area contributed by atoms with Gasteiger partial charge in [0.1, 0.15) is 23.9 Å². The Morgan fingerprint density at radius 3 is 2.70 bits per heavy atom. The molecule has 10 heteroatoms. The smallest absolute Gasteiger partial charge is 0.223 e. The molecule has 0 aliphatic carbocycles. The average molecular weight is 384 g/mol. The SMILES string of the molecule is COc1cccc2c1nc(N)n1ncnc21.c1nsc(N2CCCCC2)n1. The van der Waals surface area contributed by atoms with Crippen LogP contribution in [0.1, 0.15) is 19.3 Å². The lowest BCUT2D eigenvalue weighted by Gasteiger charge is -2.25. The molecule has 27 heavy (non-hydrogen) atoms. The Morgan fingerprint density at radius 2 is 1.96 bits per heavy atom. The van der Waals surface area contributed by atoms with Gasteiger partial charge in [0.05, 0.1) is 7.11 Å². The number of methoxy groups -OCH3 is 1. The fourth-order valence-electron chi connectivity index (χ4n) is 3.13. The standard InChI is InChI=1S/C10H9N5O.C7H11N3S/c1-16-7-4-2-3-6-8(7)14-10(11)15-9(6)12-5-13-15;1-2-4-10(5-3-1)7-8-6-9-11-7/h2-5H,1H3,(H2,11,14);6H,1-5H2. The van der Waals surface area contributed by atoms with Gasteiger partial charge in [0.25, 0.3) is 0 Å². The first kappa shape index (κ1) is 17.4. The van der Waals surface area contributed by atoms with Crippen molar-refractivity contribution in [2.45, 2.75) is 19.3 Å². The number of fused-ring (bicyclic) bond motifs is 3. The van der Waals surface area contributed by atoms with E-state index in [1.165, 1.54) is 41.6 Å². The summed E-state index contributed by atoms with van der Waals surface area (Å²) in [6, 6.07) is 5.63. The zero-order valence-corrected chi connectivity index (χ0v) is 15.8. The summed E-state index contributed by atoms with van der Waals surface area (Å²) in [5, 5.41) is 5.96. The number of anilines is 2. The number of piperidine rings is 1. The predicted molar refractivity (Wildman–Crippen MR) is 105 cm³/mol. The van der Waals surface area contributed by atoms with E-state index in [0.717, 1.165) is 23.6 Å². The summed E-state index contributed by atoms with van der Waals surface area (Å²) in [4.78, 5) is 14.9. The van der Waals surface area contributed by atoms with Gasteiger partial charge in [0.15, 0.2) is 5.65 Å². The van der Waals surface area contributed by atoms with E-state index < -0.39 is 0 Å². The molecular formula is C17H20N8OS. The van der Waals surface area contributed by atoms with E-state index >= 15 is 0 Å². The minimum atomic E-state index is 0.296. The lowest BCUT2D eigenvalue weighted by Crippen LogP contribution is -2.29. The lowest BCUT2D eigenvalue weighted by molar-refractivity contribution is 0.419. The van der Waals surface area contributed by atoms with E-state index in [4.69, 9.17) is 10.5 Å². The predicted octanol–water partition coefficient (Wildman–Crippen LogP) is 2.40. The molecular weight excluding hydrogens is 364 g/mol. The number of nitrogens with two attached hydrogens (primary N) is 1. The van der Waals surface area contributed by atoms with Gasteiger partial charge in [0.2, 0.25) is 11.1 Å². The number of hydrogen-bond acceptors (Lipinski definition) is 9. The van der Waals surface area contributed by atoms with E-state index in [9.17, 15) is 0 Å². The van der Waals surface area contributed by atoms with Crippen LogP contribution < -0.4 is 15.4 Å². The molecule has 3 aromatic heterocycles. The number of aromatic nitrogens is 6. The first-order valence-electron chi connectivity index (χ1n) is 8.71. The highest BCUT2D eigenvalue weighted by Gasteiger charge is 2.12. The summed E-state index contributed by atoms with van der Waals surface area (Å²) < 4.78 is 10.7. The van der Waals surface area contributed by atoms with Crippen molar-refractivity contribution in [3.8, 4) is 5.75 Å². The highest BCUT2D eigenvalue weighted by atomic mass is 32.1. The van der Waals surface area contributed by atoms with Crippen LogP contribution >= 0.6 is 11.5 Å². The quantitative estimate of drug-likeness (QED) is 0.561. The molecule has 0 radical (unpaired) electrons. The third kappa shape index (κ3) is 3.47. The molecule has 1 aliphatic heterocycles. The van der Waals surface area contributed by atoms with Gasteiger partial charge in [-0.3, -0.25) is 0 Å². The second kappa shape index (κ2) is 7.70. The number of hydrogen-bond donors (Lipinski definition) is 1. The normalized spacial score (nSPS) is 14.2. The molecule has 1 aromatic carbocycles. The topological polar surface area (TPSA) is 107 Å². The van der Waals surface area contributed by atoms with Gasteiger partial charge in [0, 0.05) is 30.0 Å². The van der Waals surface area contributed by atoms with Crippen molar-refractivity contribution in [3.05, 3.63) is 30.9 Å². The van der Waals surface area contributed by atoms with Crippen molar-refractivity contribution in [1.29, 1.82) is 0 Å². The van der Waals surface area contributed by atoms with Crippen molar-refractivity contribution in [1.82, 2.24) is 28.9 Å². The number of para-hydroxylation sites is 1. The third-order valence-corrected chi connectivity index (χ3v) is 5.15. The highest BCUT2D eigenvalue weighted by Crippen LogP contribution is 2.26. The molecule has 0 bridgehead atoms. The Balaban J connectivity index is 0.000000143. The third-order valence-electron chi connectivity index (χ3n) is 4.43. The van der Waals surface area contributed by atoms with Crippen LogP contribution in [-0.4, -0.2) is 49.1 Å².